The fraction of sp³-hybridized carbons (Fsp3) is 0. The summed E-state index contributed by atoms with van der Waals surface area (Å²) in [6, 6.07) is 7.12. The second kappa shape index (κ2) is 5.85. The van der Waals surface area contributed by atoms with Gasteiger partial charge in [-0.1, -0.05) is 11.6 Å². The fourth-order valence-corrected chi connectivity index (χ4v) is 1.74. The summed E-state index contributed by atoms with van der Waals surface area (Å²) in [5, 5.41) is 11.2. The van der Waals surface area contributed by atoms with Crippen LogP contribution in [-0.2, 0) is 0 Å². The number of carbonyl (C=O) groups is 1. The maximum absolute atomic E-state index is 13.1. The molecule has 0 fully saturated rings. The van der Waals surface area contributed by atoms with Gasteiger partial charge in [0, 0.05) is 5.56 Å². The van der Waals surface area contributed by atoms with Crippen molar-refractivity contribution in [3.8, 4) is 6.07 Å². The van der Waals surface area contributed by atoms with E-state index in [0.717, 1.165) is 0 Å². The van der Waals surface area contributed by atoms with Gasteiger partial charge in [-0.3, -0.25) is 4.79 Å². The Morgan fingerprint density at radius 3 is 2.33 bits per heavy atom. The number of halogens is 4. The van der Waals surface area contributed by atoms with E-state index >= 15 is 0 Å². The van der Waals surface area contributed by atoms with Crippen LogP contribution < -0.4 is 5.32 Å². The molecule has 1 amide bonds. The first-order valence-electron chi connectivity index (χ1n) is 5.58. The Morgan fingerprint density at radius 2 is 1.76 bits per heavy atom. The lowest BCUT2D eigenvalue weighted by Crippen LogP contribution is -2.13. The van der Waals surface area contributed by atoms with Crippen LogP contribution in [0.15, 0.2) is 30.3 Å². The van der Waals surface area contributed by atoms with E-state index in [4.69, 9.17) is 16.9 Å². The van der Waals surface area contributed by atoms with Gasteiger partial charge in [0.1, 0.15) is 0 Å². The maximum atomic E-state index is 13.1. The fourth-order valence-electron chi connectivity index (χ4n) is 1.57. The first kappa shape index (κ1) is 14.9. The Labute approximate surface area is 122 Å². The third kappa shape index (κ3) is 3.15. The lowest BCUT2D eigenvalue weighted by molar-refractivity contribution is 0.102. The van der Waals surface area contributed by atoms with E-state index in [-0.39, 0.29) is 16.3 Å². The molecule has 0 aliphatic carbocycles. The van der Waals surface area contributed by atoms with Gasteiger partial charge in [0.05, 0.1) is 22.3 Å². The van der Waals surface area contributed by atoms with Gasteiger partial charge >= 0.3 is 0 Å². The van der Waals surface area contributed by atoms with Gasteiger partial charge in [0.15, 0.2) is 17.5 Å². The summed E-state index contributed by atoms with van der Waals surface area (Å²) in [6.45, 7) is 0. The highest BCUT2D eigenvalue weighted by molar-refractivity contribution is 6.34. The zero-order valence-corrected chi connectivity index (χ0v) is 11.0. The molecular weight excluding hydrogens is 305 g/mol. The van der Waals surface area contributed by atoms with Crippen LogP contribution >= 0.6 is 11.6 Å². The van der Waals surface area contributed by atoms with E-state index in [9.17, 15) is 18.0 Å². The predicted molar refractivity (Wildman–Crippen MR) is 70.4 cm³/mol. The van der Waals surface area contributed by atoms with Crippen LogP contribution in [0.2, 0.25) is 5.02 Å². The summed E-state index contributed by atoms with van der Waals surface area (Å²) in [4.78, 5) is 11.9. The van der Waals surface area contributed by atoms with Crippen LogP contribution in [0.5, 0.6) is 0 Å². The highest BCUT2D eigenvalue weighted by Crippen LogP contribution is 2.24. The van der Waals surface area contributed by atoms with E-state index < -0.39 is 28.9 Å². The molecule has 0 heterocycles. The molecule has 0 aromatic heterocycles. The Balaban J connectivity index is 2.33. The highest BCUT2D eigenvalue weighted by atomic mass is 35.5. The Hall–Kier alpha value is -2.52. The van der Waals surface area contributed by atoms with E-state index in [1.165, 1.54) is 18.2 Å². The first-order valence-corrected chi connectivity index (χ1v) is 5.95. The molecule has 2 rings (SSSR count). The summed E-state index contributed by atoms with van der Waals surface area (Å²) >= 11 is 5.84. The average Bonchev–Trinajstić information content (AvgIpc) is 2.46. The molecule has 1 N–H and O–H groups in total. The highest BCUT2D eigenvalue weighted by Gasteiger charge is 2.16. The van der Waals surface area contributed by atoms with Crippen LogP contribution in [0.3, 0.4) is 0 Å². The average molecular weight is 311 g/mol. The molecule has 0 saturated carbocycles. The molecule has 0 bridgehead atoms. The van der Waals surface area contributed by atoms with E-state index in [1.54, 1.807) is 0 Å². The van der Waals surface area contributed by atoms with Crippen molar-refractivity contribution >= 4 is 23.2 Å². The van der Waals surface area contributed by atoms with Crippen molar-refractivity contribution < 1.29 is 18.0 Å². The number of nitrogens with one attached hydrogen (secondary N) is 1. The number of rotatable bonds is 2. The minimum atomic E-state index is -1.66. The number of hydrogen-bond acceptors (Lipinski definition) is 2. The van der Waals surface area contributed by atoms with Crippen molar-refractivity contribution in [2.75, 3.05) is 5.32 Å². The van der Waals surface area contributed by atoms with Crippen LogP contribution in [0.4, 0.5) is 18.9 Å². The number of nitrogens with zero attached hydrogens (tertiary/aromatic N) is 1. The molecule has 0 aliphatic heterocycles. The molecule has 106 valence electrons. The molecule has 0 aliphatic rings. The standard InChI is InChI=1S/C14H6ClF3N2O/c15-9-2-1-7(6-19)3-12(9)20-14(21)8-4-10(16)13(18)11(17)5-8/h1-5H,(H,20,21). The number of carbonyl (C=O) groups excluding carboxylic acids is 1. The Morgan fingerprint density at radius 1 is 1.14 bits per heavy atom. The van der Waals surface area contributed by atoms with Crippen LogP contribution in [0.25, 0.3) is 0 Å². The molecule has 0 spiro atoms. The summed E-state index contributed by atoms with van der Waals surface area (Å²) < 4.78 is 39.0. The van der Waals surface area contributed by atoms with Gasteiger partial charge in [0.25, 0.3) is 5.91 Å². The van der Waals surface area contributed by atoms with Gasteiger partial charge in [-0.2, -0.15) is 5.26 Å². The van der Waals surface area contributed by atoms with Gasteiger partial charge < -0.3 is 5.32 Å². The third-order valence-electron chi connectivity index (χ3n) is 2.59. The van der Waals surface area contributed by atoms with Crippen molar-refractivity contribution in [2.45, 2.75) is 0 Å². The van der Waals surface area contributed by atoms with Crippen molar-refractivity contribution in [2.24, 2.45) is 0 Å². The minimum Gasteiger partial charge on any atom is -0.321 e. The molecular formula is C14H6ClF3N2O. The summed E-state index contributed by atoms with van der Waals surface area (Å²) in [7, 11) is 0. The van der Waals surface area contributed by atoms with E-state index in [0.29, 0.717) is 12.1 Å². The van der Waals surface area contributed by atoms with Crippen LogP contribution in [0, 0.1) is 28.8 Å². The van der Waals surface area contributed by atoms with E-state index in [2.05, 4.69) is 5.32 Å². The van der Waals surface area contributed by atoms with Gasteiger partial charge in [-0.25, -0.2) is 13.2 Å². The molecule has 3 nitrogen and oxygen atoms in total. The van der Waals surface area contributed by atoms with Crippen molar-refractivity contribution in [3.05, 3.63) is 63.9 Å². The topological polar surface area (TPSA) is 52.9 Å². The Bertz CT molecular complexity index is 748. The molecule has 0 radical (unpaired) electrons. The molecule has 0 unspecified atom stereocenters. The van der Waals surface area contributed by atoms with Crippen LogP contribution in [-0.4, -0.2) is 5.91 Å². The lowest BCUT2D eigenvalue weighted by Gasteiger charge is -2.08. The molecule has 2 aromatic carbocycles. The maximum Gasteiger partial charge on any atom is 0.255 e. The number of nitriles is 1. The number of hydrogen-bond donors (Lipinski definition) is 1. The molecule has 21 heavy (non-hydrogen) atoms. The zero-order valence-electron chi connectivity index (χ0n) is 10.3. The third-order valence-corrected chi connectivity index (χ3v) is 2.92. The zero-order chi connectivity index (χ0) is 15.6. The monoisotopic (exact) mass is 310 g/mol. The summed E-state index contributed by atoms with van der Waals surface area (Å²) in [5.41, 5.74) is -0.0677. The lowest BCUT2D eigenvalue weighted by atomic mass is 10.1. The second-order valence-electron chi connectivity index (χ2n) is 4.01. The molecule has 0 saturated heterocycles. The quantitative estimate of drug-likeness (QED) is 0.856. The number of amides is 1. The van der Waals surface area contributed by atoms with Gasteiger partial charge in [0.2, 0.25) is 0 Å². The molecule has 7 heteroatoms. The number of anilines is 1. The molecule has 2 aromatic rings. The summed E-state index contributed by atoms with van der Waals surface area (Å²) in [6.07, 6.45) is 0. The van der Waals surface area contributed by atoms with Gasteiger partial charge in [-0.15, -0.1) is 0 Å². The normalized spacial score (nSPS) is 10.0. The Kier molecular flexibility index (Phi) is 4.15. The predicted octanol–water partition coefficient (Wildman–Crippen LogP) is 3.88. The van der Waals surface area contributed by atoms with Crippen molar-refractivity contribution in [3.63, 3.8) is 0 Å². The van der Waals surface area contributed by atoms with Crippen molar-refractivity contribution in [1.29, 1.82) is 5.26 Å². The van der Waals surface area contributed by atoms with E-state index in [1.807, 2.05) is 6.07 Å². The second-order valence-corrected chi connectivity index (χ2v) is 4.42. The van der Waals surface area contributed by atoms with Crippen LogP contribution in [0.1, 0.15) is 15.9 Å². The number of benzene rings is 2. The van der Waals surface area contributed by atoms with Crippen molar-refractivity contribution in [1.82, 2.24) is 0 Å². The SMILES string of the molecule is N#Cc1ccc(Cl)c(NC(=O)c2cc(F)c(F)c(F)c2)c1. The first-order chi connectivity index (χ1) is 9.92. The minimum absolute atomic E-state index is 0.103. The van der Waals surface area contributed by atoms with Gasteiger partial charge in [-0.05, 0) is 30.3 Å². The largest absolute Gasteiger partial charge is 0.321 e. The molecule has 0 atom stereocenters. The summed E-state index contributed by atoms with van der Waals surface area (Å²) in [5.74, 6) is -5.49. The smallest absolute Gasteiger partial charge is 0.255 e.